The summed E-state index contributed by atoms with van der Waals surface area (Å²) in [6, 6.07) is -0.220. The van der Waals surface area contributed by atoms with Crippen molar-refractivity contribution >= 4 is 27.3 Å². The molecule has 0 aliphatic carbocycles. The molecule has 1 aromatic heterocycles. The molecule has 2 aliphatic heterocycles. The standard InChI is InChI=1S/C14H21N3O4S2/c1-23(19,20)16-12-8-21-7-4-14(12)2-5-17(6-3-14)13(18)11-9-22-10-15-11/h9-10,12,16H,2-8H2,1H3/t12-/m1/s1. The largest absolute Gasteiger partial charge is 0.380 e. The van der Waals surface area contributed by atoms with Gasteiger partial charge in [0.2, 0.25) is 10.0 Å². The Bertz CT molecular complexity index is 652. The lowest BCUT2D eigenvalue weighted by molar-refractivity contribution is -0.0400. The zero-order chi connectivity index (χ0) is 16.5. The van der Waals surface area contributed by atoms with Crippen molar-refractivity contribution in [2.75, 3.05) is 32.6 Å². The highest BCUT2D eigenvalue weighted by atomic mass is 32.2. The predicted octanol–water partition coefficient (Wildman–Crippen LogP) is 0.704. The number of nitrogens with zero attached hydrogens (tertiary/aromatic N) is 2. The highest BCUT2D eigenvalue weighted by Gasteiger charge is 2.45. The number of piperidine rings is 1. The molecule has 1 atom stereocenters. The van der Waals surface area contributed by atoms with Gasteiger partial charge in [0, 0.05) is 25.1 Å². The van der Waals surface area contributed by atoms with Crippen LogP contribution < -0.4 is 4.72 Å². The van der Waals surface area contributed by atoms with Gasteiger partial charge < -0.3 is 9.64 Å². The second-order valence-electron chi connectivity index (χ2n) is 6.30. The molecule has 2 fully saturated rings. The molecule has 9 heteroatoms. The van der Waals surface area contributed by atoms with Crippen molar-refractivity contribution in [1.82, 2.24) is 14.6 Å². The van der Waals surface area contributed by atoms with E-state index < -0.39 is 10.0 Å². The summed E-state index contributed by atoms with van der Waals surface area (Å²) >= 11 is 1.41. The average molecular weight is 359 g/mol. The lowest BCUT2D eigenvalue weighted by Gasteiger charge is -2.48. The minimum Gasteiger partial charge on any atom is -0.380 e. The smallest absolute Gasteiger partial charge is 0.273 e. The Kier molecular flexibility index (Phi) is 4.73. The van der Waals surface area contributed by atoms with Crippen LogP contribution in [0.3, 0.4) is 0 Å². The fourth-order valence-electron chi connectivity index (χ4n) is 3.48. The summed E-state index contributed by atoms with van der Waals surface area (Å²) < 4.78 is 31.4. The van der Waals surface area contributed by atoms with E-state index in [2.05, 4.69) is 9.71 Å². The molecule has 1 N–H and O–H groups in total. The Hall–Kier alpha value is -1.03. The topological polar surface area (TPSA) is 88.6 Å². The number of aromatic nitrogens is 1. The third-order valence-electron chi connectivity index (χ3n) is 4.82. The second-order valence-corrected chi connectivity index (χ2v) is 8.79. The number of hydrogen-bond acceptors (Lipinski definition) is 6. The fraction of sp³-hybridized carbons (Fsp3) is 0.714. The van der Waals surface area contributed by atoms with Crippen LogP contribution in [-0.2, 0) is 14.8 Å². The van der Waals surface area contributed by atoms with Crippen LogP contribution in [0.15, 0.2) is 10.9 Å². The molecule has 2 saturated heterocycles. The monoisotopic (exact) mass is 359 g/mol. The SMILES string of the molecule is CS(=O)(=O)N[C@@H]1COCCC12CCN(C(=O)c1cscn1)CC2. The van der Waals surface area contributed by atoms with Gasteiger partial charge >= 0.3 is 0 Å². The van der Waals surface area contributed by atoms with Crippen LogP contribution >= 0.6 is 11.3 Å². The van der Waals surface area contributed by atoms with Gasteiger partial charge in [0.1, 0.15) is 5.69 Å². The zero-order valence-corrected chi connectivity index (χ0v) is 14.7. The molecular weight excluding hydrogens is 338 g/mol. The first-order valence-corrected chi connectivity index (χ1v) is 10.5. The summed E-state index contributed by atoms with van der Waals surface area (Å²) in [5.41, 5.74) is 2.02. The van der Waals surface area contributed by atoms with E-state index in [1.807, 2.05) is 4.90 Å². The van der Waals surface area contributed by atoms with Crippen molar-refractivity contribution in [3.05, 3.63) is 16.6 Å². The van der Waals surface area contributed by atoms with Crippen LogP contribution in [0, 0.1) is 5.41 Å². The Morgan fingerprint density at radius 1 is 1.43 bits per heavy atom. The van der Waals surface area contributed by atoms with Gasteiger partial charge in [-0.25, -0.2) is 18.1 Å². The van der Waals surface area contributed by atoms with E-state index in [-0.39, 0.29) is 17.4 Å². The molecule has 3 heterocycles. The minimum absolute atomic E-state index is 0.0409. The van der Waals surface area contributed by atoms with Crippen molar-refractivity contribution in [3.63, 3.8) is 0 Å². The van der Waals surface area contributed by atoms with E-state index in [0.717, 1.165) is 19.3 Å². The van der Waals surface area contributed by atoms with E-state index in [9.17, 15) is 13.2 Å². The molecule has 7 nitrogen and oxygen atoms in total. The Labute approximate surface area is 140 Å². The number of amides is 1. The number of sulfonamides is 1. The summed E-state index contributed by atoms with van der Waals surface area (Å²) in [6.45, 7) is 2.28. The van der Waals surface area contributed by atoms with E-state index in [0.29, 0.717) is 32.0 Å². The van der Waals surface area contributed by atoms with Crippen molar-refractivity contribution in [3.8, 4) is 0 Å². The van der Waals surface area contributed by atoms with Crippen LogP contribution in [0.1, 0.15) is 29.8 Å². The molecule has 0 unspecified atom stereocenters. The Morgan fingerprint density at radius 3 is 2.78 bits per heavy atom. The van der Waals surface area contributed by atoms with Crippen molar-refractivity contribution < 1.29 is 17.9 Å². The number of hydrogen-bond donors (Lipinski definition) is 1. The molecule has 3 rings (SSSR count). The van der Waals surface area contributed by atoms with E-state index in [1.54, 1.807) is 10.9 Å². The normalized spacial score (nSPS) is 24.7. The van der Waals surface area contributed by atoms with E-state index in [1.165, 1.54) is 17.6 Å². The maximum atomic E-state index is 12.4. The molecule has 0 saturated carbocycles. The van der Waals surface area contributed by atoms with Crippen molar-refractivity contribution in [2.45, 2.75) is 25.3 Å². The zero-order valence-electron chi connectivity index (χ0n) is 13.0. The molecule has 1 amide bonds. The quantitative estimate of drug-likeness (QED) is 0.858. The van der Waals surface area contributed by atoms with E-state index >= 15 is 0 Å². The summed E-state index contributed by atoms with van der Waals surface area (Å²) in [5, 5.41) is 1.76. The highest BCUT2D eigenvalue weighted by molar-refractivity contribution is 7.88. The lowest BCUT2D eigenvalue weighted by Crippen LogP contribution is -2.57. The van der Waals surface area contributed by atoms with Crippen LogP contribution in [0.4, 0.5) is 0 Å². The number of likely N-dealkylation sites (tertiary alicyclic amines) is 1. The predicted molar refractivity (Wildman–Crippen MR) is 86.9 cm³/mol. The molecule has 1 aromatic rings. The molecule has 0 bridgehead atoms. The molecule has 0 radical (unpaired) electrons. The first-order chi connectivity index (χ1) is 10.9. The fourth-order valence-corrected chi connectivity index (χ4v) is 4.84. The van der Waals surface area contributed by atoms with Gasteiger partial charge in [-0.2, -0.15) is 0 Å². The van der Waals surface area contributed by atoms with Gasteiger partial charge in [-0.15, -0.1) is 11.3 Å². The lowest BCUT2D eigenvalue weighted by atomic mass is 9.69. The Balaban J connectivity index is 1.69. The third kappa shape index (κ3) is 3.73. The van der Waals surface area contributed by atoms with Crippen molar-refractivity contribution in [1.29, 1.82) is 0 Å². The second kappa shape index (κ2) is 6.46. The minimum atomic E-state index is -3.28. The molecule has 2 aliphatic rings. The molecule has 0 aromatic carbocycles. The molecular formula is C14H21N3O4S2. The number of carbonyl (C=O) groups is 1. The number of nitrogens with one attached hydrogen (secondary N) is 1. The summed E-state index contributed by atoms with van der Waals surface area (Å²) in [7, 11) is -3.28. The molecule has 1 spiro atoms. The van der Waals surface area contributed by atoms with Gasteiger partial charge in [0.25, 0.3) is 5.91 Å². The van der Waals surface area contributed by atoms with Crippen LogP contribution in [0.25, 0.3) is 0 Å². The Morgan fingerprint density at radius 2 is 2.17 bits per heavy atom. The van der Waals surface area contributed by atoms with Crippen LogP contribution in [0.2, 0.25) is 0 Å². The summed E-state index contributed by atoms with van der Waals surface area (Å²) in [6.07, 6.45) is 3.55. The van der Waals surface area contributed by atoms with Crippen molar-refractivity contribution in [2.24, 2.45) is 5.41 Å². The molecule has 23 heavy (non-hydrogen) atoms. The molecule has 128 valence electrons. The van der Waals surface area contributed by atoms with E-state index in [4.69, 9.17) is 4.74 Å². The summed E-state index contributed by atoms with van der Waals surface area (Å²) in [4.78, 5) is 18.3. The third-order valence-corrected chi connectivity index (χ3v) is 6.12. The maximum Gasteiger partial charge on any atom is 0.273 e. The van der Waals surface area contributed by atoms with Crippen LogP contribution in [0.5, 0.6) is 0 Å². The van der Waals surface area contributed by atoms with Gasteiger partial charge in [-0.3, -0.25) is 4.79 Å². The highest BCUT2D eigenvalue weighted by Crippen LogP contribution is 2.41. The van der Waals surface area contributed by atoms with Crippen LogP contribution in [-0.4, -0.2) is 62.8 Å². The van der Waals surface area contributed by atoms with Gasteiger partial charge in [-0.05, 0) is 24.7 Å². The van der Waals surface area contributed by atoms with Gasteiger partial charge in [0.05, 0.1) is 24.4 Å². The first-order valence-electron chi connectivity index (χ1n) is 7.62. The average Bonchev–Trinajstić information content (AvgIpc) is 3.03. The number of rotatable bonds is 3. The number of thiazole rings is 1. The van der Waals surface area contributed by atoms with Gasteiger partial charge in [-0.1, -0.05) is 0 Å². The summed E-state index contributed by atoms with van der Waals surface area (Å²) in [5.74, 6) is -0.0409. The first kappa shape index (κ1) is 16.8. The number of ether oxygens (including phenoxy) is 1. The maximum absolute atomic E-state index is 12.4. The number of carbonyl (C=O) groups excluding carboxylic acids is 1. The van der Waals surface area contributed by atoms with Gasteiger partial charge in [0.15, 0.2) is 0 Å².